The molecular weight excluding hydrogens is 212 g/mol. The lowest BCUT2D eigenvalue weighted by Gasteiger charge is -2.00. The third-order valence-corrected chi connectivity index (χ3v) is 3.72. The largest absolute Gasteiger partial charge is 0.143 e. The van der Waals surface area contributed by atoms with E-state index in [0.717, 1.165) is 10.4 Å². The molecule has 0 atom stereocenters. The highest BCUT2D eigenvalue weighted by molar-refractivity contribution is 7.18. The van der Waals surface area contributed by atoms with E-state index in [2.05, 4.69) is 29.6 Å². The Kier molecular flexibility index (Phi) is 1.76. The van der Waals surface area contributed by atoms with Crippen molar-refractivity contribution < 1.29 is 0 Å². The average molecular weight is 219 g/mol. The lowest BCUT2D eigenvalue weighted by molar-refractivity contribution is 1.81. The van der Waals surface area contributed by atoms with E-state index >= 15 is 0 Å². The summed E-state index contributed by atoms with van der Waals surface area (Å²) in [5, 5.41) is 6.64. The van der Waals surface area contributed by atoms with E-state index in [0.29, 0.717) is 0 Å². The maximum atomic E-state index is 6.13. The molecule has 3 aromatic rings. The molecule has 0 aliphatic heterocycles. The van der Waals surface area contributed by atoms with Gasteiger partial charge in [0.05, 0.1) is 0 Å². The molecule has 0 radical (unpaired) electrons. The van der Waals surface area contributed by atoms with E-state index in [1.54, 1.807) is 11.3 Å². The highest BCUT2D eigenvalue weighted by atomic mass is 35.5. The summed E-state index contributed by atoms with van der Waals surface area (Å²) < 4.78 is 1.32. The normalized spacial score (nSPS) is 11.2. The number of thiophene rings is 1. The molecule has 0 saturated heterocycles. The van der Waals surface area contributed by atoms with Gasteiger partial charge in [0.2, 0.25) is 0 Å². The summed E-state index contributed by atoms with van der Waals surface area (Å²) in [4.78, 5) is 0. The van der Waals surface area contributed by atoms with Crippen LogP contribution in [0.1, 0.15) is 0 Å². The predicted octanol–water partition coefficient (Wildman–Crippen LogP) is 4.71. The SMILES string of the molecule is Clc1cccc2c1ccc1ccsc12. The summed E-state index contributed by atoms with van der Waals surface area (Å²) >= 11 is 7.90. The first kappa shape index (κ1) is 8.27. The first-order valence-electron chi connectivity index (χ1n) is 4.41. The Morgan fingerprint density at radius 2 is 1.86 bits per heavy atom. The lowest BCUT2D eigenvalue weighted by atomic mass is 10.1. The number of fused-ring (bicyclic) bond motifs is 3. The van der Waals surface area contributed by atoms with Crippen LogP contribution < -0.4 is 0 Å². The zero-order chi connectivity index (χ0) is 9.54. The van der Waals surface area contributed by atoms with E-state index in [4.69, 9.17) is 11.6 Å². The Morgan fingerprint density at radius 1 is 0.929 bits per heavy atom. The van der Waals surface area contributed by atoms with E-state index in [9.17, 15) is 0 Å². The molecule has 0 saturated carbocycles. The van der Waals surface area contributed by atoms with Crippen LogP contribution in [-0.4, -0.2) is 0 Å². The maximum absolute atomic E-state index is 6.13. The fourth-order valence-corrected chi connectivity index (χ4v) is 2.91. The second kappa shape index (κ2) is 2.97. The molecule has 14 heavy (non-hydrogen) atoms. The predicted molar refractivity (Wildman–Crippen MR) is 64.3 cm³/mol. The van der Waals surface area contributed by atoms with Gasteiger partial charge in [0.25, 0.3) is 0 Å². The van der Waals surface area contributed by atoms with Crippen LogP contribution in [0.5, 0.6) is 0 Å². The summed E-state index contributed by atoms with van der Waals surface area (Å²) in [5.74, 6) is 0. The average Bonchev–Trinajstić information content (AvgIpc) is 2.66. The molecule has 1 heterocycles. The minimum absolute atomic E-state index is 0.831. The smallest absolute Gasteiger partial charge is 0.0484 e. The molecule has 1 aromatic heterocycles. The van der Waals surface area contributed by atoms with Gasteiger partial charge in [0.15, 0.2) is 0 Å². The van der Waals surface area contributed by atoms with Crippen LogP contribution in [0.2, 0.25) is 5.02 Å². The van der Waals surface area contributed by atoms with Crippen molar-refractivity contribution >= 4 is 43.8 Å². The minimum Gasteiger partial charge on any atom is -0.143 e. The molecule has 3 rings (SSSR count). The number of rotatable bonds is 0. The molecular formula is C12H7ClS. The fourth-order valence-electron chi connectivity index (χ4n) is 1.75. The number of halogens is 1. The molecule has 68 valence electrons. The van der Waals surface area contributed by atoms with Crippen molar-refractivity contribution in [3.63, 3.8) is 0 Å². The second-order valence-corrected chi connectivity index (χ2v) is 4.56. The summed E-state index contributed by atoms with van der Waals surface area (Å²) in [6.45, 7) is 0. The second-order valence-electron chi connectivity index (χ2n) is 3.24. The Morgan fingerprint density at radius 3 is 2.79 bits per heavy atom. The molecule has 2 heteroatoms. The van der Waals surface area contributed by atoms with Crippen LogP contribution in [0.4, 0.5) is 0 Å². The first-order valence-corrected chi connectivity index (χ1v) is 5.66. The van der Waals surface area contributed by atoms with Crippen molar-refractivity contribution in [2.45, 2.75) is 0 Å². The number of hydrogen-bond donors (Lipinski definition) is 0. The summed E-state index contributed by atoms with van der Waals surface area (Å²) in [6.07, 6.45) is 0. The van der Waals surface area contributed by atoms with Crippen LogP contribution in [0.25, 0.3) is 20.9 Å². The molecule has 0 N–H and O–H groups in total. The molecule has 0 nitrogen and oxygen atoms in total. The Bertz CT molecular complexity index is 610. The van der Waals surface area contributed by atoms with Crippen LogP contribution in [0.15, 0.2) is 41.8 Å². The molecule has 2 aromatic carbocycles. The molecule has 0 aliphatic rings. The summed E-state index contributed by atoms with van der Waals surface area (Å²) in [7, 11) is 0. The Balaban J connectivity index is 2.64. The molecule has 0 amide bonds. The Hall–Kier alpha value is -1.05. The van der Waals surface area contributed by atoms with Gasteiger partial charge in [-0.05, 0) is 22.9 Å². The maximum Gasteiger partial charge on any atom is 0.0484 e. The third kappa shape index (κ3) is 1.06. The van der Waals surface area contributed by atoms with Crippen LogP contribution in [-0.2, 0) is 0 Å². The van der Waals surface area contributed by atoms with Crippen molar-refractivity contribution in [3.05, 3.63) is 46.8 Å². The first-order chi connectivity index (χ1) is 6.86. The van der Waals surface area contributed by atoms with Gasteiger partial charge in [-0.1, -0.05) is 35.9 Å². The molecule has 0 aliphatic carbocycles. The van der Waals surface area contributed by atoms with Gasteiger partial charge in [-0.3, -0.25) is 0 Å². The quantitative estimate of drug-likeness (QED) is 0.513. The Labute approximate surface area is 90.7 Å². The number of hydrogen-bond acceptors (Lipinski definition) is 1. The highest BCUT2D eigenvalue weighted by Gasteiger charge is 2.03. The standard InChI is InChI=1S/C12H7ClS/c13-11-3-1-2-10-9(11)5-4-8-6-7-14-12(8)10/h1-7H. The molecule has 0 bridgehead atoms. The monoisotopic (exact) mass is 218 g/mol. The van der Waals surface area contributed by atoms with Gasteiger partial charge in [-0.15, -0.1) is 11.3 Å². The zero-order valence-electron chi connectivity index (χ0n) is 7.33. The minimum atomic E-state index is 0.831. The van der Waals surface area contributed by atoms with Gasteiger partial charge in [-0.2, -0.15) is 0 Å². The zero-order valence-corrected chi connectivity index (χ0v) is 8.90. The van der Waals surface area contributed by atoms with E-state index in [1.807, 2.05) is 12.1 Å². The highest BCUT2D eigenvalue weighted by Crippen LogP contribution is 2.32. The van der Waals surface area contributed by atoms with Crippen LogP contribution in [0, 0.1) is 0 Å². The van der Waals surface area contributed by atoms with E-state index in [1.165, 1.54) is 15.5 Å². The van der Waals surface area contributed by atoms with Gasteiger partial charge in [-0.25, -0.2) is 0 Å². The van der Waals surface area contributed by atoms with Crippen molar-refractivity contribution in [1.29, 1.82) is 0 Å². The third-order valence-electron chi connectivity index (χ3n) is 2.42. The topological polar surface area (TPSA) is 0 Å². The van der Waals surface area contributed by atoms with E-state index in [-0.39, 0.29) is 0 Å². The number of benzene rings is 2. The van der Waals surface area contributed by atoms with Gasteiger partial charge in [0, 0.05) is 20.5 Å². The molecule has 0 unspecified atom stereocenters. The lowest BCUT2D eigenvalue weighted by Crippen LogP contribution is -1.73. The fraction of sp³-hybridized carbons (Fsp3) is 0. The van der Waals surface area contributed by atoms with Crippen molar-refractivity contribution in [2.75, 3.05) is 0 Å². The van der Waals surface area contributed by atoms with Gasteiger partial charge >= 0.3 is 0 Å². The van der Waals surface area contributed by atoms with Gasteiger partial charge < -0.3 is 0 Å². The van der Waals surface area contributed by atoms with E-state index < -0.39 is 0 Å². The van der Waals surface area contributed by atoms with Crippen LogP contribution in [0.3, 0.4) is 0 Å². The molecule has 0 fully saturated rings. The van der Waals surface area contributed by atoms with Gasteiger partial charge in [0.1, 0.15) is 0 Å². The van der Waals surface area contributed by atoms with Crippen molar-refractivity contribution in [1.82, 2.24) is 0 Å². The van der Waals surface area contributed by atoms with Crippen molar-refractivity contribution in [3.8, 4) is 0 Å². The molecule has 0 spiro atoms. The summed E-state index contributed by atoms with van der Waals surface area (Å²) in [6, 6.07) is 12.4. The van der Waals surface area contributed by atoms with Crippen LogP contribution >= 0.6 is 22.9 Å². The summed E-state index contributed by atoms with van der Waals surface area (Å²) in [5.41, 5.74) is 0. The van der Waals surface area contributed by atoms with Crippen molar-refractivity contribution in [2.24, 2.45) is 0 Å².